The van der Waals surface area contributed by atoms with Crippen molar-refractivity contribution >= 4 is 6.16 Å². The summed E-state index contributed by atoms with van der Waals surface area (Å²) in [5.74, 6) is 0.478. The Morgan fingerprint density at radius 3 is 2.58 bits per heavy atom. The first-order chi connectivity index (χ1) is 5.74. The van der Waals surface area contributed by atoms with Gasteiger partial charge in [0.1, 0.15) is 6.10 Å². The van der Waals surface area contributed by atoms with Gasteiger partial charge in [0.15, 0.2) is 0 Å². The molecule has 0 aromatic heterocycles. The minimum absolute atomic E-state index is 0.0648. The van der Waals surface area contributed by atoms with Gasteiger partial charge in [-0.1, -0.05) is 19.8 Å². The van der Waals surface area contributed by atoms with E-state index in [0.717, 1.165) is 19.3 Å². The van der Waals surface area contributed by atoms with Crippen molar-refractivity contribution in [2.45, 2.75) is 45.1 Å². The molecule has 1 saturated carbocycles. The monoisotopic (exact) mass is 172 g/mol. The highest BCUT2D eigenvalue weighted by Gasteiger charge is 2.26. The highest BCUT2D eigenvalue weighted by molar-refractivity contribution is 5.57. The van der Waals surface area contributed by atoms with Crippen LogP contribution in [0.3, 0.4) is 0 Å². The lowest BCUT2D eigenvalue weighted by molar-refractivity contribution is 0.0239. The summed E-state index contributed by atoms with van der Waals surface area (Å²) in [7, 11) is 0. The van der Waals surface area contributed by atoms with Crippen molar-refractivity contribution in [2.24, 2.45) is 5.92 Å². The molecule has 1 unspecified atom stereocenters. The summed E-state index contributed by atoms with van der Waals surface area (Å²) < 4.78 is 4.80. The van der Waals surface area contributed by atoms with Crippen LogP contribution in [-0.2, 0) is 4.74 Å². The fourth-order valence-corrected chi connectivity index (χ4v) is 1.97. The average molecular weight is 172 g/mol. The maximum atomic E-state index is 10.3. The standard InChI is InChI=1S/C9H16O3/c1-2-8(12-9(10)11)7-5-3-4-6-7/h7-8H,2-6H2,1H3,(H,10,11). The van der Waals surface area contributed by atoms with Gasteiger partial charge < -0.3 is 9.84 Å². The smallest absolute Gasteiger partial charge is 0.450 e. The zero-order chi connectivity index (χ0) is 8.97. The van der Waals surface area contributed by atoms with Crippen LogP contribution in [-0.4, -0.2) is 17.4 Å². The quantitative estimate of drug-likeness (QED) is 0.665. The highest BCUT2D eigenvalue weighted by atomic mass is 16.7. The molecule has 0 aromatic carbocycles. The SMILES string of the molecule is CCC(OC(=O)O)C1CCCC1. The van der Waals surface area contributed by atoms with Gasteiger partial charge in [-0.2, -0.15) is 0 Å². The van der Waals surface area contributed by atoms with Crippen LogP contribution in [0, 0.1) is 5.92 Å². The molecule has 0 radical (unpaired) electrons. The van der Waals surface area contributed by atoms with Crippen molar-refractivity contribution in [2.75, 3.05) is 0 Å². The van der Waals surface area contributed by atoms with Gasteiger partial charge in [0, 0.05) is 0 Å². The maximum Gasteiger partial charge on any atom is 0.506 e. The van der Waals surface area contributed by atoms with Gasteiger partial charge in [-0.25, -0.2) is 4.79 Å². The molecule has 70 valence electrons. The minimum atomic E-state index is -1.13. The molecule has 1 rings (SSSR count). The van der Waals surface area contributed by atoms with Gasteiger partial charge in [0.05, 0.1) is 0 Å². The Bertz CT molecular complexity index is 150. The largest absolute Gasteiger partial charge is 0.506 e. The van der Waals surface area contributed by atoms with Crippen molar-refractivity contribution < 1.29 is 14.6 Å². The van der Waals surface area contributed by atoms with Gasteiger partial charge in [0.25, 0.3) is 0 Å². The molecule has 1 aliphatic carbocycles. The third-order valence-corrected chi connectivity index (χ3v) is 2.58. The van der Waals surface area contributed by atoms with Crippen LogP contribution in [0.4, 0.5) is 4.79 Å². The predicted octanol–water partition coefficient (Wildman–Crippen LogP) is 2.65. The molecule has 0 spiro atoms. The third kappa shape index (κ3) is 2.40. The van der Waals surface area contributed by atoms with Crippen LogP contribution < -0.4 is 0 Å². The predicted molar refractivity (Wildman–Crippen MR) is 45.1 cm³/mol. The van der Waals surface area contributed by atoms with Crippen molar-refractivity contribution in [1.29, 1.82) is 0 Å². The summed E-state index contributed by atoms with van der Waals surface area (Å²) in [6.45, 7) is 1.98. The van der Waals surface area contributed by atoms with Crippen molar-refractivity contribution in [3.63, 3.8) is 0 Å². The number of hydrogen-bond acceptors (Lipinski definition) is 2. The summed E-state index contributed by atoms with van der Waals surface area (Å²) in [4.78, 5) is 10.3. The molecule has 0 bridgehead atoms. The highest BCUT2D eigenvalue weighted by Crippen LogP contribution is 2.30. The fraction of sp³-hybridized carbons (Fsp3) is 0.889. The molecule has 1 aliphatic rings. The third-order valence-electron chi connectivity index (χ3n) is 2.58. The summed E-state index contributed by atoms with van der Waals surface area (Å²) in [6.07, 6.45) is 4.32. The zero-order valence-electron chi connectivity index (χ0n) is 7.45. The molecule has 1 atom stereocenters. The molecule has 12 heavy (non-hydrogen) atoms. The van der Waals surface area contributed by atoms with Gasteiger partial charge in [-0.3, -0.25) is 0 Å². The number of hydrogen-bond donors (Lipinski definition) is 1. The lowest BCUT2D eigenvalue weighted by atomic mass is 9.99. The van der Waals surface area contributed by atoms with Crippen LogP contribution in [0.25, 0.3) is 0 Å². The first kappa shape index (κ1) is 9.36. The van der Waals surface area contributed by atoms with Crippen molar-refractivity contribution in [1.82, 2.24) is 0 Å². The number of carboxylic acid groups (broad SMARTS) is 1. The minimum Gasteiger partial charge on any atom is -0.450 e. The van der Waals surface area contributed by atoms with Gasteiger partial charge in [-0.15, -0.1) is 0 Å². The second-order valence-electron chi connectivity index (χ2n) is 3.37. The second kappa shape index (κ2) is 4.33. The van der Waals surface area contributed by atoms with E-state index >= 15 is 0 Å². The molecule has 0 saturated heterocycles. The number of ether oxygens (including phenoxy) is 1. The Hall–Kier alpha value is -0.730. The van der Waals surface area contributed by atoms with Crippen LogP contribution in [0.5, 0.6) is 0 Å². The van der Waals surface area contributed by atoms with Gasteiger partial charge in [0.2, 0.25) is 0 Å². The Balaban J connectivity index is 2.37. The lowest BCUT2D eigenvalue weighted by Crippen LogP contribution is -2.23. The van der Waals surface area contributed by atoms with E-state index in [-0.39, 0.29) is 6.10 Å². The molecule has 0 amide bonds. The molecular formula is C9H16O3. The number of rotatable bonds is 3. The van der Waals surface area contributed by atoms with Crippen LogP contribution >= 0.6 is 0 Å². The fourth-order valence-electron chi connectivity index (χ4n) is 1.97. The van der Waals surface area contributed by atoms with E-state index in [2.05, 4.69) is 0 Å². The van der Waals surface area contributed by atoms with Crippen LogP contribution in [0.1, 0.15) is 39.0 Å². The molecule has 1 fully saturated rings. The first-order valence-corrected chi connectivity index (χ1v) is 4.63. The lowest BCUT2D eigenvalue weighted by Gasteiger charge is -2.20. The summed E-state index contributed by atoms with van der Waals surface area (Å²) in [5.41, 5.74) is 0. The Morgan fingerprint density at radius 2 is 2.17 bits per heavy atom. The Kier molecular flexibility index (Phi) is 3.38. The van der Waals surface area contributed by atoms with Crippen LogP contribution in [0.2, 0.25) is 0 Å². The molecule has 0 heterocycles. The normalized spacial score (nSPS) is 20.8. The van der Waals surface area contributed by atoms with Gasteiger partial charge >= 0.3 is 6.16 Å². The summed E-state index contributed by atoms with van der Waals surface area (Å²) >= 11 is 0. The molecule has 0 aromatic rings. The molecule has 0 aliphatic heterocycles. The van der Waals surface area contributed by atoms with E-state index in [9.17, 15) is 4.79 Å². The van der Waals surface area contributed by atoms with Crippen molar-refractivity contribution in [3.05, 3.63) is 0 Å². The van der Waals surface area contributed by atoms with E-state index in [4.69, 9.17) is 9.84 Å². The van der Waals surface area contributed by atoms with Crippen molar-refractivity contribution in [3.8, 4) is 0 Å². The zero-order valence-corrected chi connectivity index (χ0v) is 7.45. The van der Waals surface area contributed by atoms with E-state index in [1.807, 2.05) is 6.92 Å². The topological polar surface area (TPSA) is 46.5 Å². The van der Waals surface area contributed by atoms with Gasteiger partial charge in [-0.05, 0) is 25.2 Å². The Morgan fingerprint density at radius 1 is 1.58 bits per heavy atom. The van der Waals surface area contributed by atoms with E-state index in [0.29, 0.717) is 5.92 Å². The van der Waals surface area contributed by atoms with E-state index in [1.165, 1.54) is 12.8 Å². The van der Waals surface area contributed by atoms with Crippen LogP contribution in [0.15, 0.2) is 0 Å². The second-order valence-corrected chi connectivity index (χ2v) is 3.37. The molecular weight excluding hydrogens is 156 g/mol. The summed E-state index contributed by atoms with van der Waals surface area (Å²) in [6, 6.07) is 0. The average Bonchev–Trinajstić information content (AvgIpc) is 2.51. The number of carbonyl (C=O) groups is 1. The molecule has 3 nitrogen and oxygen atoms in total. The maximum absolute atomic E-state index is 10.3. The Labute approximate surface area is 72.7 Å². The molecule has 1 N–H and O–H groups in total. The van der Waals surface area contributed by atoms with E-state index in [1.54, 1.807) is 0 Å². The molecule has 3 heteroatoms. The van der Waals surface area contributed by atoms with E-state index < -0.39 is 6.16 Å². The summed E-state index contributed by atoms with van der Waals surface area (Å²) in [5, 5.41) is 8.45. The first-order valence-electron chi connectivity index (χ1n) is 4.63.